The van der Waals surface area contributed by atoms with Gasteiger partial charge in [0.05, 0.1) is 41.2 Å². The van der Waals surface area contributed by atoms with Gasteiger partial charge >= 0.3 is 0 Å². The second-order valence-corrected chi connectivity index (χ2v) is 9.01. The minimum absolute atomic E-state index is 0.0208. The number of carbonyl (C=O) groups is 1. The molecule has 1 aliphatic rings. The summed E-state index contributed by atoms with van der Waals surface area (Å²) in [7, 11) is 5.35. The minimum atomic E-state index is -0.0403. The number of rotatable bonds is 6. The van der Waals surface area contributed by atoms with Crippen LogP contribution >= 0.6 is 11.3 Å². The second kappa shape index (κ2) is 8.83. The van der Waals surface area contributed by atoms with Gasteiger partial charge in [-0.1, -0.05) is 0 Å². The molecule has 1 N–H and O–H groups in total. The third kappa shape index (κ3) is 4.41. The molecule has 0 aromatic carbocycles. The summed E-state index contributed by atoms with van der Waals surface area (Å²) in [5.74, 6) is 0.875. The Morgan fingerprint density at radius 2 is 2.12 bits per heavy atom. The summed E-state index contributed by atoms with van der Waals surface area (Å²) in [6.45, 7) is 1.34. The zero-order chi connectivity index (χ0) is 22.9. The highest BCUT2D eigenvalue weighted by Crippen LogP contribution is 2.31. The summed E-state index contributed by atoms with van der Waals surface area (Å²) in [6.07, 6.45) is 7.30. The van der Waals surface area contributed by atoms with Crippen LogP contribution in [0, 0.1) is 0 Å². The third-order valence-corrected chi connectivity index (χ3v) is 6.31. The fourth-order valence-corrected chi connectivity index (χ4v) is 4.57. The molecule has 0 spiro atoms. The molecule has 11 heteroatoms. The summed E-state index contributed by atoms with van der Waals surface area (Å²) in [4.78, 5) is 23.9. The van der Waals surface area contributed by atoms with Crippen molar-refractivity contribution >= 4 is 39.9 Å². The Balaban J connectivity index is 1.51. The molecule has 33 heavy (non-hydrogen) atoms. The Morgan fingerprint density at radius 1 is 1.30 bits per heavy atom. The number of fused-ring (bicyclic) bond motifs is 1. The van der Waals surface area contributed by atoms with E-state index in [1.807, 2.05) is 35.5 Å². The van der Waals surface area contributed by atoms with Crippen LogP contribution < -0.4 is 10.1 Å². The molecule has 0 atom stereocenters. The van der Waals surface area contributed by atoms with Gasteiger partial charge in [0.1, 0.15) is 11.6 Å². The highest BCUT2D eigenvalue weighted by molar-refractivity contribution is 7.12. The number of nitrogens with zero attached hydrogens (tertiary/aromatic N) is 6. The van der Waals surface area contributed by atoms with Crippen molar-refractivity contribution in [1.82, 2.24) is 29.2 Å². The average molecular weight is 468 g/mol. The minimum Gasteiger partial charge on any atom is -0.473 e. The van der Waals surface area contributed by atoms with Crippen molar-refractivity contribution in [2.24, 2.45) is 7.05 Å². The van der Waals surface area contributed by atoms with Crippen LogP contribution in [-0.2, 0) is 11.8 Å². The Hall–Kier alpha value is -3.44. The number of anilines is 2. The first-order valence-corrected chi connectivity index (χ1v) is 11.6. The first kappa shape index (κ1) is 21.4. The molecule has 172 valence electrons. The topological polar surface area (TPSA) is 99.3 Å². The maximum Gasteiger partial charge on any atom is 0.263 e. The second-order valence-electron chi connectivity index (χ2n) is 8.10. The van der Waals surface area contributed by atoms with E-state index in [-0.39, 0.29) is 12.0 Å². The molecule has 1 fully saturated rings. The van der Waals surface area contributed by atoms with E-state index >= 15 is 0 Å². The van der Waals surface area contributed by atoms with Crippen molar-refractivity contribution in [2.45, 2.75) is 18.9 Å². The first-order valence-electron chi connectivity index (χ1n) is 10.7. The van der Waals surface area contributed by atoms with Gasteiger partial charge in [0, 0.05) is 51.8 Å². The molecular formula is C22H25N7O3S. The number of ether oxygens (including phenoxy) is 2. The number of carbonyl (C=O) groups excluding carboxylic acids is 1. The molecule has 1 amide bonds. The summed E-state index contributed by atoms with van der Waals surface area (Å²) in [6, 6.07) is 3.74. The van der Waals surface area contributed by atoms with Crippen LogP contribution in [0.15, 0.2) is 36.1 Å². The largest absolute Gasteiger partial charge is 0.473 e. The molecule has 10 nitrogen and oxygen atoms in total. The number of thiophene rings is 1. The summed E-state index contributed by atoms with van der Waals surface area (Å²) >= 11 is 1.38. The molecule has 0 aliphatic carbocycles. The maximum atomic E-state index is 12.2. The first-order chi connectivity index (χ1) is 16.0. The van der Waals surface area contributed by atoms with E-state index in [4.69, 9.17) is 19.4 Å². The normalized spacial score (nSPS) is 14.5. The summed E-state index contributed by atoms with van der Waals surface area (Å²) in [5.41, 5.74) is 3.19. The van der Waals surface area contributed by atoms with E-state index in [0.717, 1.165) is 35.2 Å². The lowest BCUT2D eigenvalue weighted by Gasteiger charge is -2.23. The predicted octanol–water partition coefficient (Wildman–Crippen LogP) is 3.22. The van der Waals surface area contributed by atoms with Gasteiger partial charge in [-0.2, -0.15) is 10.1 Å². The van der Waals surface area contributed by atoms with Gasteiger partial charge in [-0.3, -0.25) is 9.48 Å². The lowest BCUT2D eigenvalue weighted by molar-refractivity contribution is 0.0243. The van der Waals surface area contributed by atoms with Crippen LogP contribution in [-0.4, -0.2) is 68.5 Å². The van der Waals surface area contributed by atoms with Gasteiger partial charge in [-0.25, -0.2) is 4.98 Å². The lowest BCUT2D eigenvalue weighted by Crippen LogP contribution is -2.26. The number of aromatic nitrogens is 5. The van der Waals surface area contributed by atoms with Crippen LogP contribution in [0.2, 0.25) is 0 Å². The number of amides is 1. The van der Waals surface area contributed by atoms with Crippen molar-refractivity contribution in [2.75, 3.05) is 32.6 Å². The van der Waals surface area contributed by atoms with Gasteiger partial charge in [0.15, 0.2) is 0 Å². The quantitative estimate of drug-likeness (QED) is 0.465. The van der Waals surface area contributed by atoms with Crippen LogP contribution in [0.1, 0.15) is 22.5 Å². The monoisotopic (exact) mass is 467 g/mol. The molecule has 1 saturated heterocycles. The standard InChI is InChI=1S/C22H25N7O3S/c1-27(2)21(30)18-10-14(13-33-18)24-22-25-17-4-7-29(15-11-23-28(3)12-15)19(17)20(26-22)32-16-5-8-31-9-6-16/h4,7,10-13,16H,5-6,8-9H2,1-3H3,(H,24,25,26). The van der Waals surface area contributed by atoms with Gasteiger partial charge in [-0.05, 0) is 12.1 Å². The maximum absolute atomic E-state index is 12.2. The molecule has 4 aromatic heterocycles. The van der Waals surface area contributed by atoms with Gasteiger partial charge < -0.3 is 24.3 Å². The Labute approximate surface area is 194 Å². The molecule has 5 heterocycles. The highest BCUT2D eigenvalue weighted by Gasteiger charge is 2.22. The smallest absolute Gasteiger partial charge is 0.263 e. The van der Waals surface area contributed by atoms with E-state index in [1.165, 1.54) is 11.3 Å². The summed E-state index contributed by atoms with van der Waals surface area (Å²) in [5, 5.41) is 9.39. The van der Waals surface area contributed by atoms with Crippen molar-refractivity contribution in [3.05, 3.63) is 41.0 Å². The number of hydrogen-bond acceptors (Lipinski definition) is 8. The number of aryl methyl sites for hydroxylation is 1. The molecule has 0 unspecified atom stereocenters. The van der Waals surface area contributed by atoms with Crippen LogP contribution in [0.3, 0.4) is 0 Å². The third-order valence-electron chi connectivity index (χ3n) is 5.39. The Bertz CT molecular complexity index is 1290. The average Bonchev–Trinajstić information content (AvgIpc) is 3.53. The molecule has 0 saturated carbocycles. The van der Waals surface area contributed by atoms with Gasteiger partial charge in [-0.15, -0.1) is 11.3 Å². The molecule has 0 radical (unpaired) electrons. The van der Waals surface area contributed by atoms with E-state index in [1.54, 1.807) is 35.9 Å². The van der Waals surface area contributed by atoms with Crippen LogP contribution in [0.25, 0.3) is 16.7 Å². The van der Waals surface area contributed by atoms with Crippen molar-refractivity contribution in [3.63, 3.8) is 0 Å². The van der Waals surface area contributed by atoms with Crippen molar-refractivity contribution in [1.29, 1.82) is 0 Å². The van der Waals surface area contributed by atoms with Crippen LogP contribution in [0.4, 0.5) is 11.6 Å². The molecule has 5 rings (SSSR count). The van der Waals surface area contributed by atoms with E-state index in [0.29, 0.717) is 29.9 Å². The lowest BCUT2D eigenvalue weighted by atomic mass is 10.1. The summed E-state index contributed by atoms with van der Waals surface area (Å²) < 4.78 is 15.6. The van der Waals surface area contributed by atoms with Crippen molar-refractivity contribution < 1.29 is 14.3 Å². The molecule has 0 bridgehead atoms. The fraction of sp³-hybridized carbons (Fsp3) is 0.364. The van der Waals surface area contributed by atoms with E-state index in [2.05, 4.69) is 10.4 Å². The number of nitrogens with one attached hydrogen (secondary N) is 1. The molecular weight excluding hydrogens is 442 g/mol. The Morgan fingerprint density at radius 3 is 2.85 bits per heavy atom. The van der Waals surface area contributed by atoms with Crippen molar-refractivity contribution in [3.8, 4) is 11.6 Å². The zero-order valence-electron chi connectivity index (χ0n) is 18.7. The predicted molar refractivity (Wildman–Crippen MR) is 126 cm³/mol. The fourth-order valence-electron chi connectivity index (χ4n) is 3.71. The van der Waals surface area contributed by atoms with Gasteiger partial charge in [0.25, 0.3) is 5.91 Å². The van der Waals surface area contributed by atoms with Gasteiger partial charge in [0.2, 0.25) is 11.8 Å². The zero-order valence-corrected chi connectivity index (χ0v) is 19.5. The van der Waals surface area contributed by atoms with E-state index < -0.39 is 0 Å². The SMILES string of the molecule is CN(C)C(=O)c1cc(Nc2nc(OC3CCOCC3)c3c(ccn3-c3cnn(C)c3)n2)cs1. The van der Waals surface area contributed by atoms with E-state index in [9.17, 15) is 4.79 Å². The highest BCUT2D eigenvalue weighted by atomic mass is 32.1. The number of hydrogen-bond donors (Lipinski definition) is 1. The van der Waals surface area contributed by atoms with Crippen LogP contribution in [0.5, 0.6) is 5.88 Å². The molecule has 4 aromatic rings. The molecule has 1 aliphatic heterocycles. The Kier molecular flexibility index (Phi) is 5.73.